The molecule has 18 heavy (non-hydrogen) atoms. The molecule has 1 amide bonds. The lowest BCUT2D eigenvalue weighted by Crippen LogP contribution is -2.45. The Hall–Kier alpha value is -1.43. The van der Waals surface area contributed by atoms with Gasteiger partial charge in [-0.15, -0.1) is 0 Å². The molecular formula is C12H15BrN2O3. The first-order valence-electron chi connectivity index (χ1n) is 5.40. The third-order valence-electron chi connectivity index (χ3n) is 2.46. The van der Waals surface area contributed by atoms with Gasteiger partial charge >= 0.3 is 0 Å². The van der Waals surface area contributed by atoms with Crippen LogP contribution in [0, 0.1) is 17.0 Å². The summed E-state index contributed by atoms with van der Waals surface area (Å²) in [6, 6.07) is 4.27. The van der Waals surface area contributed by atoms with Crippen LogP contribution in [0.3, 0.4) is 0 Å². The topological polar surface area (TPSA) is 72.2 Å². The van der Waals surface area contributed by atoms with Gasteiger partial charge in [0.25, 0.3) is 11.6 Å². The largest absolute Gasteiger partial charge is 0.346 e. The quantitative estimate of drug-likeness (QED) is 0.527. The van der Waals surface area contributed by atoms with Crippen molar-refractivity contribution in [3.05, 3.63) is 39.4 Å². The van der Waals surface area contributed by atoms with Crippen LogP contribution in [0.2, 0.25) is 0 Å². The molecule has 0 spiro atoms. The number of alkyl halides is 1. The number of hydrogen-bond acceptors (Lipinski definition) is 3. The molecule has 0 heterocycles. The number of aryl methyl sites for hydroxylation is 1. The molecule has 5 nitrogen and oxygen atoms in total. The highest BCUT2D eigenvalue weighted by Gasteiger charge is 2.22. The molecule has 0 saturated carbocycles. The van der Waals surface area contributed by atoms with Crippen LogP contribution in [0.15, 0.2) is 18.2 Å². The normalized spacial score (nSPS) is 11.1. The van der Waals surface area contributed by atoms with Crippen LogP contribution in [0.5, 0.6) is 0 Å². The van der Waals surface area contributed by atoms with Gasteiger partial charge in [0.15, 0.2) is 0 Å². The molecule has 1 aromatic rings. The summed E-state index contributed by atoms with van der Waals surface area (Å²) in [4.78, 5) is 22.2. The Morgan fingerprint density at radius 1 is 1.50 bits per heavy atom. The summed E-state index contributed by atoms with van der Waals surface area (Å²) < 4.78 is 0. The van der Waals surface area contributed by atoms with Crippen LogP contribution >= 0.6 is 15.9 Å². The molecule has 0 aliphatic carbocycles. The average Bonchev–Trinajstić information content (AvgIpc) is 2.28. The third kappa shape index (κ3) is 3.53. The number of nitro benzene ring substituents is 1. The average molecular weight is 315 g/mol. The van der Waals surface area contributed by atoms with Gasteiger partial charge < -0.3 is 5.32 Å². The Morgan fingerprint density at radius 3 is 2.61 bits per heavy atom. The van der Waals surface area contributed by atoms with E-state index in [1.165, 1.54) is 12.1 Å². The minimum atomic E-state index is -0.508. The van der Waals surface area contributed by atoms with Gasteiger partial charge in [0.05, 0.1) is 4.92 Å². The van der Waals surface area contributed by atoms with Crippen LogP contribution in [0.25, 0.3) is 0 Å². The van der Waals surface area contributed by atoms with E-state index in [0.29, 0.717) is 16.5 Å². The zero-order chi connectivity index (χ0) is 13.9. The SMILES string of the molecule is Cc1ccc([N+](=O)[O-])cc1C(=O)NC(C)(C)CBr. The smallest absolute Gasteiger partial charge is 0.270 e. The molecule has 0 aliphatic rings. The fraction of sp³-hybridized carbons (Fsp3) is 0.417. The van der Waals surface area contributed by atoms with E-state index in [4.69, 9.17) is 0 Å². The summed E-state index contributed by atoms with van der Waals surface area (Å²) in [6.45, 7) is 5.48. The maximum atomic E-state index is 12.1. The maximum absolute atomic E-state index is 12.1. The molecule has 1 rings (SSSR count). The molecule has 0 fully saturated rings. The zero-order valence-corrected chi connectivity index (χ0v) is 12.1. The number of nitrogens with one attached hydrogen (secondary N) is 1. The summed E-state index contributed by atoms with van der Waals surface area (Å²) in [5.41, 5.74) is 0.554. The second-order valence-corrected chi connectivity index (χ2v) is 5.29. The number of benzene rings is 1. The van der Waals surface area contributed by atoms with E-state index in [1.807, 2.05) is 13.8 Å². The van der Waals surface area contributed by atoms with Gasteiger partial charge in [-0.1, -0.05) is 22.0 Å². The van der Waals surface area contributed by atoms with E-state index < -0.39 is 10.5 Å². The summed E-state index contributed by atoms with van der Waals surface area (Å²) in [5.74, 6) is -0.305. The van der Waals surface area contributed by atoms with Crippen LogP contribution in [-0.4, -0.2) is 21.7 Å². The van der Waals surface area contributed by atoms with Crippen molar-refractivity contribution in [2.75, 3.05) is 5.33 Å². The number of carbonyl (C=O) groups is 1. The first-order chi connectivity index (χ1) is 8.26. The van der Waals surface area contributed by atoms with Crippen molar-refractivity contribution in [3.63, 3.8) is 0 Å². The standard InChI is InChI=1S/C12H15BrN2O3/c1-8-4-5-9(15(17)18)6-10(8)11(16)14-12(2,3)7-13/h4-6H,7H2,1-3H3,(H,14,16). The number of non-ortho nitro benzene ring substituents is 1. The predicted octanol–water partition coefficient (Wildman–Crippen LogP) is 2.81. The molecule has 0 aromatic heterocycles. The van der Waals surface area contributed by atoms with E-state index in [0.717, 1.165) is 0 Å². The molecule has 0 bridgehead atoms. The molecule has 0 aliphatic heterocycles. The summed E-state index contributed by atoms with van der Waals surface area (Å²) >= 11 is 3.31. The molecule has 0 atom stereocenters. The number of rotatable bonds is 4. The van der Waals surface area contributed by atoms with E-state index in [-0.39, 0.29) is 11.6 Å². The lowest BCUT2D eigenvalue weighted by molar-refractivity contribution is -0.384. The fourth-order valence-electron chi connectivity index (χ4n) is 1.38. The molecule has 0 unspecified atom stereocenters. The molecule has 6 heteroatoms. The van der Waals surface area contributed by atoms with E-state index >= 15 is 0 Å². The summed E-state index contributed by atoms with van der Waals surface area (Å²) in [7, 11) is 0. The van der Waals surface area contributed by atoms with E-state index in [2.05, 4.69) is 21.2 Å². The van der Waals surface area contributed by atoms with E-state index in [1.54, 1.807) is 13.0 Å². The summed E-state index contributed by atoms with van der Waals surface area (Å²) in [6.07, 6.45) is 0. The number of nitrogens with zero attached hydrogens (tertiary/aromatic N) is 1. The second kappa shape index (κ2) is 5.48. The monoisotopic (exact) mass is 314 g/mol. The van der Waals surface area contributed by atoms with Crippen LogP contribution in [-0.2, 0) is 0 Å². The first-order valence-corrected chi connectivity index (χ1v) is 6.52. The number of carbonyl (C=O) groups excluding carboxylic acids is 1. The Kier molecular flexibility index (Phi) is 4.45. The van der Waals surface area contributed by atoms with Gasteiger partial charge in [0, 0.05) is 28.6 Å². The van der Waals surface area contributed by atoms with Crippen molar-refractivity contribution < 1.29 is 9.72 Å². The molecule has 1 aromatic carbocycles. The van der Waals surface area contributed by atoms with Gasteiger partial charge in [-0.3, -0.25) is 14.9 Å². The van der Waals surface area contributed by atoms with Gasteiger partial charge in [-0.25, -0.2) is 0 Å². The molecule has 0 saturated heterocycles. The minimum Gasteiger partial charge on any atom is -0.346 e. The van der Waals surface area contributed by atoms with Gasteiger partial charge in [0.1, 0.15) is 0 Å². The van der Waals surface area contributed by atoms with Crippen molar-refractivity contribution in [3.8, 4) is 0 Å². The highest BCUT2D eigenvalue weighted by Crippen LogP contribution is 2.18. The number of halogens is 1. The van der Waals surface area contributed by atoms with Gasteiger partial charge in [0.2, 0.25) is 0 Å². The second-order valence-electron chi connectivity index (χ2n) is 4.73. The van der Waals surface area contributed by atoms with Gasteiger partial charge in [-0.05, 0) is 26.3 Å². The molecule has 0 radical (unpaired) electrons. The van der Waals surface area contributed by atoms with Crippen molar-refractivity contribution in [2.45, 2.75) is 26.3 Å². The minimum absolute atomic E-state index is 0.0811. The Labute approximate surface area is 114 Å². The number of amides is 1. The van der Waals surface area contributed by atoms with Gasteiger partial charge in [-0.2, -0.15) is 0 Å². The van der Waals surface area contributed by atoms with Crippen molar-refractivity contribution in [1.82, 2.24) is 5.32 Å². The zero-order valence-electron chi connectivity index (χ0n) is 10.5. The highest BCUT2D eigenvalue weighted by atomic mass is 79.9. The van der Waals surface area contributed by atoms with Crippen LogP contribution < -0.4 is 5.32 Å². The maximum Gasteiger partial charge on any atom is 0.270 e. The lowest BCUT2D eigenvalue weighted by Gasteiger charge is -2.23. The lowest BCUT2D eigenvalue weighted by atomic mass is 10.0. The Bertz CT molecular complexity index is 486. The van der Waals surface area contributed by atoms with Crippen molar-refractivity contribution >= 4 is 27.5 Å². The number of nitro groups is 1. The van der Waals surface area contributed by atoms with Crippen molar-refractivity contribution in [1.29, 1.82) is 0 Å². The molecule has 1 N–H and O–H groups in total. The van der Waals surface area contributed by atoms with Crippen LogP contribution in [0.1, 0.15) is 29.8 Å². The first kappa shape index (κ1) is 14.6. The highest BCUT2D eigenvalue weighted by molar-refractivity contribution is 9.09. The number of hydrogen-bond donors (Lipinski definition) is 1. The van der Waals surface area contributed by atoms with E-state index in [9.17, 15) is 14.9 Å². The van der Waals surface area contributed by atoms with Crippen molar-refractivity contribution in [2.24, 2.45) is 0 Å². The summed E-state index contributed by atoms with van der Waals surface area (Å²) in [5, 5.41) is 14.1. The van der Waals surface area contributed by atoms with Crippen LogP contribution in [0.4, 0.5) is 5.69 Å². The Balaban J connectivity index is 3.05. The Morgan fingerprint density at radius 2 is 2.11 bits per heavy atom. The molecular weight excluding hydrogens is 300 g/mol. The fourth-order valence-corrected chi connectivity index (χ4v) is 1.52. The molecule has 98 valence electrons. The predicted molar refractivity (Wildman–Crippen MR) is 73.2 cm³/mol. The third-order valence-corrected chi connectivity index (χ3v) is 3.86.